The zero-order chi connectivity index (χ0) is 47.2. The van der Waals surface area contributed by atoms with Crippen LogP contribution in [0.5, 0.6) is 0 Å². The lowest BCUT2D eigenvalue weighted by Crippen LogP contribution is -2.30. The van der Waals surface area contributed by atoms with Gasteiger partial charge in [-0.25, -0.2) is 0 Å². The highest BCUT2D eigenvalue weighted by Crippen LogP contribution is 2.13. The van der Waals surface area contributed by atoms with Crippen LogP contribution < -0.4 is 0 Å². The molecule has 1 atom stereocenters. The molecule has 0 bridgehead atoms. The van der Waals surface area contributed by atoms with E-state index in [1.807, 2.05) is 0 Å². The third-order valence-corrected chi connectivity index (χ3v) is 11.3. The second-order valence-corrected chi connectivity index (χ2v) is 17.8. The molecule has 372 valence electrons. The van der Waals surface area contributed by atoms with Crippen LogP contribution in [0.3, 0.4) is 0 Å². The van der Waals surface area contributed by atoms with Gasteiger partial charge in [-0.1, -0.05) is 202 Å². The topological polar surface area (TPSA) is 78.9 Å². The molecular formula is C59H100O6. The van der Waals surface area contributed by atoms with Crippen molar-refractivity contribution in [3.63, 3.8) is 0 Å². The highest BCUT2D eigenvalue weighted by Gasteiger charge is 2.19. The Kier molecular flexibility index (Phi) is 50.4. The zero-order valence-corrected chi connectivity index (χ0v) is 42.5. The lowest BCUT2D eigenvalue weighted by Gasteiger charge is -2.18. The van der Waals surface area contributed by atoms with Crippen LogP contribution in [0.25, 0.3) is 0 Å². The molecule has 0 fully saturated rings. The highest BCUT2D eigenvalue weighted by atomic mass is 16.6. The molecule has 0 spiro atoms. The predicted octanol–water partition coefficient (Wildman–Crippen LogP) is 18.0. The Bertz CT molecular complexity index is 1270. The third-order valence-electron chi connectivity index (χ3n) is 11.3. The second kappa shape index (κ2) is 53.2. The van der Waals surface area contributed by atoms with E-state index in [4.69, 9.17) is 14.2 Å². The first kappa shape index (κ1) is 61.6. The maximum atomic E-state index is 12.8. The summed E-state index contributed by atoms with van der Waals surface area (Å²) < 4.78 is 16.8. The Hall–Kier alpha value is -3.41. The van der Waals surface area contributed by atoms with Gasteiger partial charge in [0.15, 0.2) is 6.10 Å². The molecule has 0 saturated heterocycles. The summed E-state index contributed by atoms with van der Waals surface area (Å²) in [5.41, 5.74) is 0. The molecule has 0 amide bonds. The van der Waals surface area contributed by atoms with Gasteiger partial charge in [0.25, 0.3) is 0 Å². The molecule has 0 aromatic heterocycles. The van der Waals surface area contributed by atoms with Gasteiger partial charge in [-0.3, -0.25) is 14.4 Å². The van der Waals surface area contributed by atoms with Gasteiger partial charge in [0.1, 0.15) is 13.2 Å². The second-order valence-electron chi connectivity index (χ2n) is 17.8. The molecule has 65 heavy (non-hydrogen) atoms. The molecule has 0 rings (SSSR count). The summed E-state index contributed by atoms with van der Waals surface area (Å²) in [5.74, 6) is -0.977. The number of esters is 3. The van der Waals surface area contributed by atoms with Crippen molar-refractivity contribution in [2.75, 3.05) is 13.2 Å². The van der Waals surface area contributed by atoms with Crippen LogP contribution in [0.2, 0.25) is 0 Å². The minimum atomic E-state index is -0.808. The zero-order valence-electron chi connectivity index (χ0n) is 42.5. The van der Waals surface area contributed by atoms with Crippen LogP contribution in [-0.2, 0) is 28.6 Å². The maximum Gasteiger partial charge on any atom is 0.306 e. The van der Waals surface area contributed by atoms with E-state index < -0.39 is 6.10 Å². The quantitative estimate of drug-likeness (QED) is 0.0262. The summed E-state index contributed by atoms with van der Waals surface area (Å²) in [4.78, 5) is 38.0. The fraction of sp³-hybridized carbons (Fsp3) is 0.712. The monoisotopic (exact) mass is 905 g/mol. The van der Waals surface area contributed by atoms with Gasteiger partial charge in [-0.15, -0.1) is 0 Å². The summed E-state index contributed by atoms with van der Waals surface area (Å²) >= 11 is 0. The van der Waals surface area contributed by atoms with E-state index in [1.165, 1.54) is 116 Å². The van der Waals surface area contributed by atoms with Gasteiger partial charge in [0.05, 0.1) is 0 Å². The van der Waals surface area contributed by atoms with Crippen molar-refractivity contribution >= 4 is 17.9 Å². The molecule has 0 aromatic rings. The van der Waals surface area contributed by atoms with E-state index >= 15 is 0 Å². The first-order valence-electron chi connectivity index (χ1n) is 27.1. The third kappa shape index (κ3) is 51.4. The van der Waals surface area contributed by atoms with Crippen LogP contribution in [0, 0.1) is 0 Å². The molecule has 0 aliphatic heterocycles. The predicted molar refractivity (Wildman–Crippen MR) is 279 cm³/mol. The van der Waals surface area contributed by atoms with Gasteiger partial charge in [-0.2, -0.15) is 0 Å². The standard InChI is InChI=1S/C59H100O6/c1-4-7-10-13-16-19-22-25-28-29-32-34-37-40-43-46-49-52-58(61)64-55-56(65-59(62)53-50-47-44-41-38-35-31-27-24-21-18-15-12-9-6-3)54-63-57(60)51-48-45-42-39-36-33-30-26-23-20-17-14-11-8-5-2/h16,18-21,23,25,27-28,31-32,34,40,43,56H,4-15,17,22,24,26,29-30,33,35-39,41-42,44-55H2,1-3H3/b19-16+,21-18+,23-20+,28-25+,31-27+,34-32+,43-40+/t56-/m1/s1. The summed E-state index contributed by atoms with van der Waals surface area (Å²) in [7, 11) is 0. The van der Waals surface area contributed by atoms with Crippen molar-refractivity contribution in [3.05, 3.63) is 85.1 Å². The minimum Gasteiger partial charge on any atom is -0.462 e. The van der Waals surface area contributed by atoms with E-state index in [0.717, 1.165) is 89.9 Å². The summed E-state index contributed by atoms with van der Waals surface area (Å²) in [6.07, 6.45) is 68.5. The Morgan fingerprint density at radius 1 is 0.308 bits per heavy atom. The van der Waals surface area contributed by atoms with Gasteiger partial charge in [-0.05, 0) is 116 Å². The fourth-order valence-electron chi connectivity index (χ4n) is 7.22. The van der Waals surface area contributed by atoms with Crippen LogP contribution in [0.1, 0.15) is 252 Å². The van der Waals surface area contributed by atoms with Crippen LogP contribution in [-0.4, -0.2) is 37.2 Å². The van der Waals surface area contributed by atoms with Crippen molar-refractivity contribution in [3.8, 4) is 0 Å². The molecule has 6 nitrogen and oxygen atoms in total. The molecule has 0 unspecified atom stereocenters. The van der Waals surface area contributed by atoms with Crippen molar-refractivity contribution in [1.82, 2.24) is 0 Å². The van der Waals surface area contributed by atoms with Crippen LogP contribution >= 0.6 is 0 Å². The van der Waals surface area contributed by atoms with E-state index in [1.54, 1.807) is 0 Å². The molecule has 6 heteroatoms. The molecular weight excluding hydrogens is 805 g/mol. The number of rotatable bonds is 48. The van der Waals surface area contributed by atoms with E-state index in [2.05, 4.69) is 106 Å². The van der Waals surface area contributed by atoms with Crippen LogP contribution in [0.4, 0.5) is 0 Å². The first-order valence-corrected chi connectivity index (χ1v) is 27.1. The Labute approximate surface area is 401 Å². The molecule has 0 saturated carbocycles. The maximum absolute atomic E-state index is 12.8. The van der Waals surface area contributed by atoms with Gasteiger partial charge in [0, 0.05) is 19.3 Å². The number of ether oxygens (including phenoxy) is 3. The molecule has 0 aliphatic carbocycles. The van der Waals surface area contributed by atoms with E-state index in [0.29, 0.717) is 19.3 Å². The first-order chi connectivity index (χ1) is 32.0. The Morgan fingerprint density at radius 2 is 0.569 bits per heavy atom. The lowest BCUT2D eigenvalue weighted by molar-refractivity contribution is -0.167. The Balaban J connectivity index is 4.50. The summed E-state index contributed by atoms with van der Waals surface area (Å²) in [6, 6.07) is 0. The van der Waals surface area contributed by atoms with Crippen molar-refractivity contribution in [2.24, 2.45) is 0 Å². The number of unbranched alkanes of at least 4 members (excludes halogenated alkanes) is 23. The molecule has 0 N–H and O–H groups in total. The molecule has 0 heterocycles. The van der Waals surface area contributed by atoms with Crippen LogP contribution in [0.15, 0.2) is 85.1 Å². The molecule has 0 aromatic carbocycles. The van der Waals surface area contributed by atoms with Crippen molar-refractivity contribution in [2.45, 2.75) is 258 Å². The normalized spacial score (nSPS) is 12.7. The highest BCUT2D eigenvalue weighted by molar-refractivity contribution is 5.71. The SMILES string of the molecule is CCCCC/C=C/C/C=C/C/C=C/C/C=C/CCCC(=O)OC[C@@H](COC(=O)CCCCCCCCC/C=C/CCCCCC)OC(=O)CCCCCCC/C=C/C/C=C/CCCCC. The fourth-order valence-corrected chi connectivity index (χ4v) is 7.22. The summed E-state index contributed by atoms with van der Waals surface area (Å²) in [5, 5.41) is 0. The van der Waals surface area contributed by atoms with Gasteiger partial charge in [0.2, 0.25) is 0 Å². The number of allylic oxidation sites excluding steroid dienone is 14. The average Bonchev–Trinajstić information content (AvgIpc) is 3.30. The number of hydrogen-bond donors (Lipinski definition) is 0. The minimum absolute atomic E-state index is 0.102. The number of carbonyl (C=O) groups is 3. The van der Waals surface area contributed by atoms with E-state index in [-0.39, 0.29) is 37.5 Å². The molecule has 0 radical (unpaired) electrons. The average molecular weight is 905 g/mol. The number of carbonyl (C=O) groups excluding carboxylic acids is 3. The van der Waals surface area contributed by atoms with Gasteiger partial charge >= 0.3 is 17.9 Å². The van der Waals surface area contributed by atoms with Gasteiger partial charge < -0.3 is 14.2 Å². The van der Waals surface area contributed by atoms with E-state index in [9.17, 15) is 14.4 Å². The van der Waals surface area contributed by atoms with Crippen molar-refractivity contribution in [1.29, 1.82) is 0 Å². The Morgan fingerprint density at radius 3 is 0.969 bits per heavy atom. The smallest absolute Gasteiger partial charge is 0.306 e. The number of hydrogen-bond acceptors (Lipinski definition) is 6. The molecule has 0 aliphatic rings. The summed E-state index contributed by atoms with van der Waals surface area (Å²) in [6.45, 7) is 6.51. The largest absolute Gasteiger partial charge is 0.462 e. The lowest BCUT2D eigenvalue weighted by atomic mass is 10.1. The van der Waals surface area contributed by atoms with Crippen molar-refractivity contribution < 1.29 is 28.6 Å².